The molecule has 3 saturated carbocycles. The maximum absolute atomic E-state index is 4.43. The molecule has 0 heteroatoms. The maximum atomic E-state index is 4.43. The van der Waals surface area contributed by atoms with Crippen LogP contribution < -0.4 is 0 Å². The first-order valence-electron chi connectivity index (χ1n) is 6.65. The number of hydrogen-bond acceptors (Lipinski definition) is 0. The summed E-state index contributed by atoms with van der Waals surface area (Å²) in [5.41, 5.74) is 3.28. The molecule has 3 fully saturated rings. The molecule has 0 nitrogen and oxygen atoms in total. The van der Waals surface area contributed by atoms with Crippen molar-refractivity contribution < 1.29 is 0 Å². The van der Waals surface area contributed by atoms with Gasteiger partial charge in [0.1, 0.15) is 0 Å². The zero-order valence-electron chi connectivity index (χ0n) is 10.5. The predicted octanol–water partition coefficient (Wildman–Crippen LogP) is 4.56. The summed E-state index contributed by atoms with van der Waals surface area (Å²) < 4.78 is 0. The highest BCUT2D eigenvalue weighted by Crippen LogP contribution is 2.79. The van der Waals surface area contributed by atoms with Crippen molar-refractivity contribution in [1.82, 2.24) is 0 Å². The van der Waals surface area contributed by atoms with E-state index in [1.165, 1.54) is 38.5 Å². The Morgan fingerprint density at radius 1 is 1.20 bits per heavy atom. The summed E-state index contributed by atoms with van der Waals surface area (Å²) in [7, 11) is 0. The fraction of sp³-hybridized carbons (Fsp3) is 0.867. The van der Waals surface area contributed by atoms with Gasteiger partial charge in [-0.05, 0) is 54.3 Å². The molecule has 1 spiro atoms. The van der Waals surface area contributed by atoms with Crippen LogP contribution in [0.1, 0.15) is 59.3 Å². The molecule has 0 aliphatic heterocycles. The minimum atomic E-state index is 0.484. The first-order valence-corrected chi connectivity index (χ1v) is 6.65. The molecule has 0 amide bonds. The summed E-state index contributed by atoms with van der Waals surface area (Å²) >= 11 is 0. The fourth-order valence-corrected chi connectivity index (χ4v) is 5.98. The summed E-state index contributed by atoms with van der Waals surface area (Å²) in [5, 5.41) is 0. The lowest BCUT2D eigenvalue weighted by molar-refractivity contribution is 0.0186. The van der Waals surface area contributed by atoms with Crippen LogP contribution in [-0.4, -0.2) is 0 Å². The van der Waals surface area contributed by atoms with E-state index in [0.717, 1.165) is 5.92 Å². The van der Waals surface area contributed by atoms with Crippen LogP contribution in [-0.2, 0) is 0 Å². The third-order valence-electron chi connectivity index (χ3n) is 6.66. The van der Waals surface area contributed by atoms with Crippen LogP contribution in [0.15, 0.2) is 12.2 Å². The van der Waals surface area contributed by atoms with E-state index in [4.69, 9.17) is 0 Å². The standard InChI is InChI=1S/C15H24/c1-11-6-9-13(3)10-12(2)14(4)7-5-8-15(11,13)14/h11H,2,5-10H2,1,3-4H3. The Kier molecular flexibility index (Phi) is 1.67. The van der Waals surface area contributed by atoms with Gasteiger partial charge in [-0.3, -0.25) is 0 Å². The van der Waals surface area contributed by atoms with Gasteiger partial charge in [-0.2, -0.15) is 0 Å². The lowest BCUT2D eigenvalue weighted by Gasteiger charge is -2.47. The Bertz CT molecular complexity index is 329. The van der Waals surface area contributed by atoms with Crippen molar-refractivity contribution in [3.05, 3.63) is 12.2 Å². The van der Waals surface area contributed by atoms with Gasteiger partial charge in [0.2, 0.25) is 0 Å². The zero-order valence-corrected chi connectivity index (χ0v) is 10.5. The van der Waals surface area contributed by atoms with Gasteiger partial charge < -0.3 is 0 Å². The Balaban J connectivity index is 2.21. The molecular weight excluding hydrogens is 180 g/mol. The van der Waals surface area contributed by atoms with Gasteiger partial charge in [-0.25, -0.2) is 0 Å². The molecule has 0 aromatic heterocycles. The van der Waals surface area contributed by atoms with Crippen LogP contribution >= 0.6 is 0 Å². The van der Waals surface area contributed by atoms with Crippen molar-refractivity contribution in [2.24, 2.45) is 22.2 Å². The lowest BCUT2D eigenvalue weighted by Crippen LogP contribution is -2.41. The molecule has 0 saturated heterocycles. The molecule has 3 rings (SSSR count). The molecule has 0 heterocycles. The SMILES string of the molecule is C=C1CC2(C)CCC(C)C23CCCC13C. The van der Waals surface area contributed by atoms with Gasteiger partial charge in [0.25, 0.3) is 0 Å². The monoisotopic (exact) mass is 204 g/mol. The van der Waals surface area contributed by atoms with Gasteiger partial charge in [0.05, 0.1) is 0 Å². The number of hydrogen-bond donors (Lipinski definition) is 0. The highest BCUT2D eigenvalue weighted by molar-refractivity contribution is 5.33. The Hall–Kier alpha value is -0.260. The summed E-state index contributed by atoms with van der Waals surface area (Å²) in [6, 6.07) is 0. The summed E-state index contributed by atoms with van der Waals surface area (Å²) in [5.74, 6) is 0.925. The summed E-state index contributed by atoms with van der Waals surface area (Å²) in [6.45, 7) is 12.0. The molecule has 15 heavy (non-hydrogen) atoms. The van der Waals surface area contributed by atoms with Crippen LogP contribution in [0.2, 0.25) is 0 Å². The van der Waals surface area contributed by atoms with Crippen molar-refractivity contribution in [3.8, 4) is 0 Å². The topological polar surface area (TPSA) is 0 Å². The Labute approximate surface area is 94.1 Å². The van der Waals surface area contributed by atoms with Gasteiger partial charge in [0, 0.05) is 0 Å². The van der Waals surface area contributed by atoms with Gasteiger partial charge >= 0.3 is 0 Å². The molecule has 0 aromatic rings. The normalized spacial score (nSPS) is 58.3. The van der Waals surface area contributed by atoms with Gasteiger partial charge in [-0.1, -0.05) is 39.3 Å². The quantitative estimate of drug-likeness (QED) is 0.507. The van der Waals surface area contributed by atoms with E-state index in [9.17, 15) is 0 Å². The van der Waals surface area contributed by atoms with Gasteiger partial charge in [0.15, 0.2) is 0 Å². The van der Waals surface area contributed by atoms with Crippen molar-refractivity contribution in [1.29, 1.82) is 0 Å². The molecule has 0 radical (unpaired) electrons. The predicted molar refractivity (Wildman–Crippen MR) is 64.7 cm³/mol. The minimum Gasteiger partial charge on any atom is -0.0993 e. The molecule has 3 aliphatic rings. The van der Waals surface area contributed by atoms with Crippen LogP contribution in [0.3, 0.4) is 0 Å². The van der Waals surface area contributed by atoms with Crippen molar-refractivity contribution in [3.63, 3.8) is 0 Å². The molecule has 0 bridgehead atoms. The lowest BCUT2D eigenvalue weighted by atomic mass is 9.57. The van der Waals surface area contributed by atoms with E-state index in [1.54, 1.807) is 5.57 Å². The highest BCUT2D eigenvalue weighted by Gasteiger charge is 2.70. The molecule has 4 unspecified atom stereocenters. The van der Waals surface area contributed by atoms with Crippen LogP contribution in [0, 0.1) is 22.2 Å². The molecule has 84 valence electrons. The maximum Gasteiger partial charge on any atom is -0.00546 e. The summed E-state index contributed by atoms with van der Waals surface area (Å²) in [6.07, 6.45) is 8.54. The van der Waals surface area contributed by atoms with E-state index < -0.39 is 0 Å². The van der Waals surface area contributed by atoms with Crippen LogP contribution in [0.5, 0.6) is 0 Å². The number of rotatable bonds is 0. The molecular formula is C15H24. The average molecular weight is 204 g/mol. The molecule has 0 N–H and O–H groups in total. The largest absolute Gasteiger partial charge is 0.0993 e. The first kappa shape index (κ1) is 9.93. The zero-order chi connectivity index (χ0) is 10.9. The molecule has 0 aromatic carbocycles. The van der Waals surface area contributed by atoms with E-state index in [0.29, 0.717) is 16.2 Å². The Morgan fingerprint density at radius 2 is 1.93 bits per heavy atom. The third-order valence-corrected chi connectivity index (χ3v) is 6.66. The second-order valence-electron chi connectivity index (χ2n) is 6.94. The minimum absolute atomic E-state index is 0.484. The van der Waals surface area contributed by atoms with Crippen molar-refractivity contribution >= 4 is 0 Å². The first-order chi connectivity index (χ1) is 6.96. The molecule has 3 aliphatic carbocycles. The average Bonchev–Trinajstić information content (AvgIpc) is 2.68. The highest BCUT2D eigenvalue weighted by atomic mass is 14.7. The van der Waals surface area contributed by atoms with E-state index in [2.05, 4.69) is 27.4 Å². The molecule has 4 atom stereocenters. The van der Waals surface area contributed by atoms with Gasteiger partial charge in [-0.15, -0.1) is 0 Å². The Morgan fingerprint density at radius 3 is 2.67 bits per heavy atom. The van der Waals surface area contributed by atoms with E-state index in [1.807, 2.05) is 0 Å². The second kappa shape index (κ2) is 2.52. The third kappa shape index (κ3) is 0.797. The fourth-order valence-electron chi connectivity index (χ4n) is 5.98. The van der Waals surface area contributed by atoms with E-state index >= 15 is 0 Å². The van der Waals surface area contributed by atoms with Crippen LogP contribution in [0.25, 0.3) is 0 Å². The number of allylic oxidation sites excluding steroid dienone is 1. The van der Waals surface area contributed by atoms with E-state index in [-0.39, 0.29) is 0 Å². The second-order valence-corrected chi connectivity index (χ2v) is 6.94. The van der Waals surface area contributed by atoms with Crippen molar-refractivity contribution in [2.45, 2.75) is 59.3 Å². The van der Waals surface area contributed by atoms with Crippen molar-refractivity contribution in [2.75, 3.05) is 0 Å². The summed E-state index contributed by atoms with van der Waals surface area (Å²) in [4.78, 5) is 0. The van der Waals surface area contributed by atoms with Crippen LogP contribution in [0.4, 0.5) is 0 Å². The smallest absolute Gasteiger partial charge is 0.00546 e.